The van der Waals surface area contributed by atoms with E-state index in [4.69, 9.17) is 5.73 Å². The van der Waals surface area contributed by atoms with E-state index < -0.39 is 0 Å². The molecule has 3 N–H and O–H groups in total. The van der Waals surface area contributed by atoms with Gasteiger partial charge in [0, 0.05) is 18.6 Å². The zero-order valence-corrected chi connectivity index (χ0v) is 6.22. The van der Waals surface area contributed by atoms with Gasteiger partial charge >= 0.3 is 0 Å². The Labute approximate surface area is 61.1 Å². The van der Waals surface area contributed by atoms with Crippen molar-refractivity contribution in [3.05, 3.63) is 24.4 Å². The molecule has 9 heavy (non-hydrogen) atoms. The standard InChI is InChI=1S/C5H6BrN3/c6-4(3-7)5-8-1-2-9-5/h1-3H,7H2,(H,8,9)/b4-3+. The summed E-state index contributed by atoms with van der Waals surface area (Å²) < 4.78 is 0.771. The molecule has 0 spiro atoms. The van der Waals surface area contributed by atoms with E-state index >= 15 is 0 Å². The van der Waals surface area contributed by atoms with Crippen LogP contribution in [0.3, 0.4) is 0 Å². The summed E-state index contributed by atoms with van der Waals surface area (Å²) in [6.07, 6.45) is 4.85. The molecule has 0 aliphatic carbocycles. The summed E-state index contributed by atoms with van der Waals surface area (Å²) in [5.41, 5.74) is 5.19. The van der Waals surface area contributed by atoms with E-state index in [1.165, 1.54) is 6.20 Å². The molecule has 0 atom stereocenters. The first-order valence-electron chi connectivity index (χ1n) is 2.41. The first kappa shape index (κ1) is 6.35. The Morgan fingerprint density at radius 3 is 3.11 bits per heavy atom. The highest BCUT2D eigenvalue weighted by Gasteiger charge is 1.95. The average molecular weight is 188 g/mol. The molecule has 1 aromatic heterocycles. The lowest BCUT2D eigenvalue weighted by Gasteiger charge is -1.87. The van der Waals surface area contributed by atoms with Crippen molar-refractivity contribution in [2.24, 2.45) is 5.73 Å². The zero-order chi connectivity index (χ0) is 6.69. The predicted molar refractivity (Wildman–Crippen MR) is 39.7 cm³/mol. The lowest BCUT2D eigenvalue weighted by Crippen LogP contribution is -1.84. The molecule has 0 amide bonds. The molecule has 0 aliphatic rings. The SMILES string of the molecule is N/C=C(/Br)c1ncc[nH]1. The summed E-state index contributed by atoms with van der Waals surface area (Å²) in [4.78, 5) is 6.82. The molecular weight excluding hydrogens is 182 g/mol. The van der Waals surface area contributed by atoms with Crippen molar-refractivity contribution in [1.82, 2.24) is 9.97 Å². The van der Waals surface area contributed by atoms with Crippen LogP contribution >= 0.6 is 15.9 Å². The molecular formula is C5H6BrN3. The number of nitrogens with one attached hydrogen (secondary N) is 1. The molecule has 0 unspecified atom stereocenters. The molecule has 0 bridgehead atoms. The van der Waals surface area contributed by atoms with Crippen molar-refractivity contribution in [2.45, 2.75) is 0 Å². The van der Waals surface area contributed by atoms with Crippen LogP contribution in [0.25, 0.3) is 4.48 Å². The lowest BCUT2D eigenvalue weighted by molar-refractivity contribution is 1.26. The fraction of sp³-hybridized carbons (Fsp3) is 0. The highest BCUT2D eigenvalue weighted by Crippen LogP contribution is 2.13. The summed E-state index contributed by atoms with van der Waals surface area (Å²) in [5, 5.41) is 0. The molecule has 1 rings (SSSR count). The second-order valence-electron chi connectivity index (χ2n) is 1.45. The van der Waals surface area contributed by atoms with Gasteiger partial charge in [-0.15, -0.1) is 0 Å². The lowest BCUT2D eigenvalue weighted by atomic mass is 10.6. The van der Waals surface area contributed by atoms with Crippen molar-refractivity contribution in [3.8, 4) is 0 Å². The molecule has 1 heterocycles. The first-order valence-corrected chi connectivity index (χ1v) is 3.21. The zero-order valence-electron chi connectivity index (χ0n) is 4.63. The number of hydrogen-bond donors (Lipinski definition) is 2. The summed E-state index contributed by atoms with van der Waals surface area (Å²) in [6.45, 7) is 0. The Morgan fingerprint density at radius 1 is 1.89 bits per heavy atom. The minimum atomic E-state index is 0.748. The smallest absolute Gasteiger partial charge is 0.145 e. The fourth-order valence-corrected chi connectivity index (χ4v) is 0.692. The average Bonchev–Trinajstić information content (AvgIpc) is 2.37. The molecule has 0 saturated carbocycles. The number of aromatic amines is 1. The predicted octanol–water partition coefficient (Wildman–Crippen LogP) is 1.06. The number of hydrogen-bond acceptors (Lipinski definition) is 2. The Morgan fingerprint density at radius 2 is 2.67 bits per heavy atom. The number of H-pyrrole nitrogens is 1. The molecule has 0 aromatic carbocycles. The Balaban J connectivity index is 2.90. The second-order valence-corrected chi connectivity index (χ2v) is 2.31. The summed E-state index contributed by atoms with van der Waals surface area (Å²) >= 11 is 3.21. The van der Waals surface area contributed by atoms with E-state index in [9.17, 15) is 0 Å². The maximum Gasteiger partial charge on any atom is 0.145 e. The normalized spacial score (nSPS) is 11.9. The van der Waals surface area contributed by atoms with Crippen molar-refractivity contribution in [2.75, 3.05) is 0 Å². The van der Waals surface area contributed by atoms with Crippen LogP contribution in [-0.4, -0.2) is 9.97 Å². The number of nitrogens with zero attached hydrogens (tertiary/aromatic N) is 1. The van der Waals surface area contributed by atoms with Crippen LogP contribution in [0.5, 0.6) is 0 Å². The van der Waals surface area contributed by atoms with E-state index in [0.717, 1.165) is 10.3 Å². The van der Waals surface area contributed by atoms with Crippen LogP contribution in [0.2, 0.25) is 0 Å². The Bertz CT molecular complexity index is 202. The number of halogens is 1. The van der Waals surface area contributed by atoms with Crippen molar-refractivity contribution < 1.29 is 0 Å². The topological polar surface area (TPSA) is 54.7 Å². The van der Waals surface area contributed by atoms with E-state index in [0.29, 0.717) is 0 Å². The van der Waals surface area contributed by atoms with Crippen molar-refractivity contribution in [3.63, 3.8) is 0 Å². The maximum absolute atomic E-state index is 5.19. The molecule has 0 fully saturated rings. The van der Waals surface area contributed by atoms with Crippen LogP contribution in [0.15, 0.2) is 18.6 Å². The van der Waals surface area contributed by atoms with Gasteiger partial charge in [0.2, 0.25) is 0 Å². The third-order valence-electron chi connectivity index (χ3n) is 0.871. The highest BCUT2D eigenvalue weighted by atomic mass is 79.9. The molecule has 0 radical (unpaired) electrons. The fourth-order valence-electron chi connectivity index (χ4n) is 0.475. The van der Waals surface area contributed by atoms with Gasteiger partial charge in [-0.3, -0.25) is 0 Å². The van der Waals surface area contributed by atoms with Crippen molar-refractivity contribution >= 4 is 20.4 Å². The van der Waals surface area contributed by atoms with E-state index in [-0.39, 0.29) is 0 Å². The van der Waals surface area contributed by atoms with Crippen LogP contribution in [0, 0.1) is 0 Å². The summed E-state index contributed by atoms with van der Waals surface area (Å²) in [7, 11) is 0. The van der Waals surface area contributed by atoms with Crippen LogP contribution < -0.4 is 5.73 Å². The van der Waals surface area contributed by atoms with Gasteiger partial charge in [-0.2, -0.15) is 0 Å². The second kappa shape index (κ2) is 2.68. The molecule has 3 nitrogen and oxygen atoms in total. The minimum absolute atomic E-state index is 0.748. The molecule has 0 aliphatic heterocycles. The van der Waals surface area contributed by atoms with Gasteiger partial charge in [0.25, 0.3) is 0 Å². The number of aromatic nitrogens is 2. The summed E-state index contributed by atoms with van der Waals surface area (Å²) in [5.74, 6) is 0.748. The van der Waals surface area contributed by atoms with E-state index in [2.05, 4.69) is 25.9 Å². The van der Waals surface area contributed by atoms with Crippen molar-refractivity contribution in [1.29, 1.82) is 0 Å². The van der Waals surface area contributed by atoms with E-state index in [1.807, 2.05) is 0 Å². The first-order chi connectivity index (χ1) is 4.34. The summed E-state index contributed by atoms with van der Waals surface area (Å²) in [6, 6.07) is 0. The number of imidazole rings is 1. The van der Waals surface area contributed by atoms with Gasteiger partial charge < -0.3 is 10.7 Å². The molecule has 48 valence electrons. The monoisotopic (exact) mass is 187 g/mol. The van der Waals surface area contributed by atoms with Gasteiger partial charge in [-0.25, -0.2) is 4.98 Å². The molecule has 1 aromatic rings. The minimum Gasteiger partial charge on any atom is -0.404 e. The van der Waals surface area contributed by atoms with Gasteiger partial charge in [-0.1, -0.05) is 0 Å². The number of nitrogens with two attached hydrogens (primary N) is 1. The van der Waals surface area contributed by atoms with Gasteiger partial charge in [0.1, 0.15) is 5.82 Å². The Hall–Kier alpha value is -0.770. The van der Waals surface area contributed by atoms with Gasteiger partial charge in [0.05, 0.1) is 4.48 Å². The molecule has 4 heteroatoms. The highest BCUT2D eigenvalue weighted by molar-refractivity contribution is 9.15. The number of rotatable bonds is 1. The van der Waals surface area contributed by atoms with Gasteiger partial charge in [-0.05, 0) is 15.9 Å². The van der Waals surface area contributed by atoms with Crippen LogP contribution in [-0.2, 0) is 0 Å². The van der Waals surface area contributed by atoms with Gasteiger partial charge in [0.15, 0.2) is 0 Å². The van der Waals surface area contributed by atoms with Crippen LogP contribution in [0.4, 0.5) is 0 Å². The maximum atomic E-state index is 5.19. The van der Waals surface area contributed by atoms with E-state index in [1.54, 1.807) is 12.4 Å². The van der Waals surface area contributed by atoms with Crippen LogP contribution in [0.1, 0.15) is 5.82 Å². The Kier molecular flexibility index (Phi) is 1.89. The molecule has 0 saturated heterocycles. The largest absolute Gasteiger partial charge is 0.404 e. The quantitative estimate of drug-likeness (QED) is 0.692. The third-order valence-corrected chi connectivity index (χ3v) is 1.51. The third kappa shape index (κ3) is 1.32.